The molecule has 69 heavy (non-hydrogen) atoms. The summed E-state index contributed by atoms with van der Waals surface area (Å²) in [7, 11) is 1.44. The van der Waals surface area contributed by atoms with E-state index in [1.807, 2.05) is 0 Å². The fourth-order valence-corrected chi connectivity index (χ4v) is 10.7. The molecule has 1 unspecified atom stereocenters. The number of nitrogens with one attached hydrogen (secondary N) is 1. The van der Waals surface area contributed by atoms with Gasteiger partial charge in [-0.2, -0.15) is 0 Å². The second kappa shape index (κ2) is 21.0. The second-order valence-electron chi connectivity index (χ2n) is 19.4. The van der Waals surface area contributed by atoms with Gasteiger partial charge in [0.1, 0.15) is 40.4 Å². The number of hydrogen-bond acceptors (Lipinski definition) is 16. The van der Waals surface area contributed by atoms with Crippen LogP contribution in [0.2, 0.25) is 0 Å². The smallest absolute Gasteiger partial charge is 0.315 e. The standard InChI is InChI=1S/C50H66IN5O13/c1-25-11-10-12-26(2)48(64)52-40-39-38(53-50(54-39)14-16-55(17-15-50)24-27(3)51)35-36(44(40)62)43(61)31(7)46-37(35)47(63)49(8,69-46)67-20-13-32(65-9)28(4)45(30(6)42(60)29(5)41(25)59)68-34(58)23-33(57)56-18-21-66-22-19-56/h10-13,20,25,27-30,32,41-42,45,53,59-62H,14-19,21-24H2,1-9H3/b11-10+,20-13+,26-12-,52-40?/t25-,27?,28+,29+,30+,32-,41-,42+,45+,49-/m0/s1. The number of amides is 2. The van der Waals surface area contributed by atoms with Crippen molar-refractivity contribution in [2.45, 2.75) is 114 Å². The molecule has 6 aliphatic heterocycles. The zero-order valence-electron chi connectivity index (χ0n) is 40.8. The number of morpholine rings is 1. The number of carbonyl (C=O) groups excluding carboxylic acids is 4. The molecular formula is C50H66IN5O13. The number of hydrogen-bond donors (Lipinski definition) is 5. The van der Waals surface area contributed by atoms with Crippen LogP contribution in [-0.4, -0.2) is 147 Å². The summed E-state index contributed by atoms with van der Waals surface area (Å²) in [5, 5.41) is 51.1. The van der Waals surface area contributed by atoms with Crippen molar-refractivity contribution in [3.63, 3.8) is 0 Å². The zero-order valence-corrected chi connectivity index (χ0v) is 42.9. The average Bonchev–Trinajstić information content (AvgIpc) is 3.82. The van der Waals surface area contributed by atoms with E-state index in [9.17, 15) is 39.6 Å². The van der Waals surface area contributed by atoms with Crippen molar-refractivity contribution >= 4 is 62.6 Å². The number of phenols is 2. The zero-order chi connectivity index (χ0) is 50.3. The summed E-state index contributed by atoms with van der Waals surface area (Å²) in [4.78, 5) is 69.0. The van der Waals surface area contributed by atoms with Crippen molar-refractivity contribution in [2.24, 2.45) is 33.7 Å². The summed E-state index contributed by atoms with van der Waals surface area (Å²) >= 11 is 2.40. The summed E-state index contributed by atoms with van der Waals surface area (Å²) in [5.41, 5.74) is -0.247. The number of rotatable bonds is 6. The second-order valence-corrected chi connectivity index (χ2v) is 21.5. The first-order chi connectivity index (χ1) is 32.6. The number of benzene rings is 2. The number of carbonyl (C=O) groups is 4. The number of ether oxygens (including phenoxy) is 5. The maximum Gasteiger partial charge on any atom is 0.315 e. The van der Waals surface area contributed by atoms with E-state index in [2.05, 4.69) is 44.7 Å². The predicted octanol–water partition coefficient (Wildman–Crippen LogP) is 4.15. The fourth-order valence-electron chi connectivity index (χ4n) is 10.1. The van der Waals surface area contributed by atoms with E-state index in [1.54, 1.807) is 53.7 Å². The molecule has 5 bridgehead atoms. The number of aliphatic hydroxyl groups is 2. The van der Waals surface area contributed by atoms with Gasteiger partial charge in [0.25, 0.3) is 11.7 Å². The minimum Gasteiger partial charge on any atom is -0.507 e. The first-order valence-corrected chi connectivity index (χ1v) is 25.0. The predicted molar refractivity (Wildman–Crippen MR) is 263 cm³/mol. The molecule has 0 radical (unpaired) electrons. The van der Waals surface area contributed by atoms with Crippen molar-refractivity contribution in [1.29, 1.82) is 0 Å². The Bertz CT molecular complexity index is 2570. The van der Waals surface area contributed by atoms with Crippen LogP contribution in [-0.2, 0) is 33.3 Å². The van der Waals surface area contributed by atoms with Crippen LogP contribution in [0, 0.1) is 30.6 Å². The third-order valence-electron chi connectivity index (χ3n) is 14.4. The molecular weight excluding hydrogens is 1010 g/mol. The van der Waals surface area contributed by atoms with Crippen LogP contribution in [0.5, 0.6) is 17.2 Å². The number of aromatic hydroxyl groups is 2. The lowest BCUT2D eigenvalue weighted by Crippen LogP contribution is -2.47. The van der Waals surface area contributed by atoms with E-state index in [0.29, 0.717) is 61.8 Å². The largest absolute Gasteiger partial charge is 0.507 e. The number of aliphatic hydroxyl groups excluding tert-OH is 2. The molecule has 0 aliphatic carbocycles. The molecule has 2 fully saturated rings. The van der Waals surface area contributed by atoms with Crippen LogP contribution in [0.3, 0.4) is 0 Å². The van der Waals surface area contributed by atoms with Crippen LogP contribution < -0.4 is 20.8 Å². The first-order valence-electron chi connectivity index (χ1n) is 23.7. The van der Waals surface area contributed by atoms with Crippen molar-refractivity contribution in [3.8, 4) is 17.2 Å². The van der Waals surface area contributed by atoms with Gasteiger partial charge in [-0.3, -0.25) is 24.2 Å². The van der Waals surface area contributed by atoms with Gasteiger partial charge in [0, 0.05) is 104 Å². The molecule has 19 heteroatoms. The van der Waals surface area contributed by atoms with E-state index >= 15 is 0 Å². The lowest BCUT2D eigenvalue weighted by Gasteiger charge is -2.38. The molecule has 5 N–H and O–H groups in total. The van der Waals surface area contributed by atoms with Gasteiger partial charge in [0.05, 0.1) is 54.4 Å². The topological polar surface area (TPSA) is 239 Å². The van der Waals surface area contributed by atoms with E-state index in [0.717, 1.165) is 6.54 Å². The van der Waals surface area contributed by atoms with Gasteiger partial charge in [-0.25, -0.2) is 4.99 Å². The van der Waals surface area contributed by atoms with Gasteiger partial charge in [0.2, 0.25) is 5.91 Å². The number of methoxy groups -OCH3 is 1. The van der Waals surface area contributed by atoms with Crippen LogP contribution in [0.15, 0.2) is 46.1 Å². The van der Waals surface area contributed by atoms with Gasteiger partial charge >= 0.3 is 11.8 Å². The van der Waals surface area contributed by atoms with E-state index in [1.165, 1.54) is 37.3 Å². The van der Waals surface area contributed by atoms with Gasteiger partial charge in [0.15, 0.2) is 5.75 Å². The molecule has 6 aliphatic rings. The number of nitrogens with zero attached hydrogens (tertiary/aromatic N) is 4. The molecule has 376 valence electrons. The van der Waals surface area contributed by atoms with Crippen LogP contribution in [0.25, 0.3) is 10.8 Å². The molecule has 8 rings (SSSR count). The third kappa shape index (κ3) is 10.4. The van der Waals surface area contributed by atoms with Gasteiger partial charge in [-0.15, -0.1) is 0 Å². The Kier molecular flexibility index (Phi) is 15.8. The third-order valence-corrected chi connectivity index (χ3v) is 14.8. The Balaban J connectivity index is 1.33. The Labute approximate surface area is 415 Å². The van der Waals surface area contributed by atoms with E-state index in [4.69, 9.17) is 28.7 Å². The maximum absolute atomic E-state index is 14.9. The minimum atomic E-state index is -2.01. The van der Waals surface area contributed by atoms with Gasteiger partial charge < -0.3 is 59.2 Å². The SMILES string of the molecule is CO[C@H]1/C=C/O[C@@]2(C)Oc3c(C)c(O)c4c(O)c(c5c(c4c3C2=O)NC2(CCN(CC(C)I)CC2)N=5)=NC(=O)/C(C)=C\C=C\[C@H](C)[C@H](O)[C@@H](C)[C@@H](O)[C@@H](C)[C@H](OC(=O)CC(=O)N2CCOCC2)[C@@H]1C. The molecule has 6 heterocycles. The number of piperidine rings is 1. The highest BCUT2D eigenvalue weighted by molar-refractivity contribution is 14.1. The lowest BCUT2D eigenvalue weighted by atomic mass is 9.78. The number of esters is 1. The number of fused-ring (bicyclic) bond motifs is 13. The number of alkyl halides is 1. The number of halogens is 1. The number of phenolic OH excluding ortho intramolecular Hbond substituents is 2. The molecule has 0 aromatic heterocycles. The monoisotopic (exact) mass is 1070 g/mol. The summed E-state index contributed by atoms with van der Waals surface area (Å²) < 4.78 is 30.2. The Morgan fingerprint density at radius 1 is 0.957 bits per heavy atom. The van der Waals surface area contributed by atoms with Crippen molar-refractivity contribution in [1.82, 2.24) is 9.80 Å². The molecule has 2 amide bonds. The molecule has 2 aromatic carbocycles. The lowest BCUT2D eigenvalue weighted by molar-refractivity contribution is -0.166. The average molecular weight is 1070 g/mol. The van der Waals surface area contributed by atoms with Crippen LogP contribution in [0.1, 0.15) is 83.7 Å². The molecule has 10 atom stereocenters. The van der Waals surface area contributed by atoms with E-state index < -0.39 is 101 Å². The highest BCUT2D eigenvalue weighted by atomic mass is 127. The fraction of sp³-hybridized carbons (Fsp3) is 0.600. The van der Waals surface area contributed by atoms with Crippen molar-refractivity contribution in [2.75, 3.05) is 58.4 Å². The van der Waals surface area contributed by atoms with Crippen molar-refractivity contribution in [3.05, 3.63) is 58.0 Å². The van der Waals surface area contributed by atoms with Crippen LogP contribution in [0.4, 0.5) is 5.69 Å². The molecule has 18 nitrogen and oxygen atoms in total. The molecule has 2 saturated heterocycles. The number of Topliss-reactive ketones (excluding diaryl/α,β-unsaturated/α-hetero) is 1. The summed E-state index contributed by atoms with van der Waals surface area (Å²) in [6, 6.07) is 0. The number of allylic oxidation sites excluding steroid dienone is 2. The molecule has 2 aromatic rings. The summed E-state index contributed by atoms with van der Waals surface area (Å²) in [5.74, 6) is -8.35. The van der Waals surface area contributed by atoms with Gasteiger partial charge in [-0.05, 0) is 19.9 Å². The van der Waals surface area contributed by atoms with Crippen LogP contribution >= 0.6 is 22.6 Å². The van der Waals surface area contributed by atoms with E-state index in [-0.39, 0.29) is 43.9 Å². The minimum absolute atomic E-state index is 0.0238. The van der Waals surface area contributed by atoms with Gasteiger partial charge in [-0.1, -0.05) is 75.4 Å². The summed E-state index contributed by atoms with van der Waals surface area (Å²) in [6.45, 7) is 17.2. The highest BCUT2D eigenvalue weighted by Crippen LogP contribution is 2.51. The quantitative estimate of drug-likeness (QED) is 0.0899. The number of likely N-dealkylation sites (tertiary alicyclic amines) is 1. The first kappa shape index (κ1) is 52.2. The number of anilines is 1. The summed E-state index contributed by atoms with van der Waals surface area (Å²) in [6.07, 6.45) is 3.84. The number of ketones is 1. The Morgan fingerprint density at radius 2 is 1.64 bits per heavy atom. The van der Waals surface area contributed by atoms with Crippen molar-refractivity contribution < 1.29 is 63.3 Å². The Hall–Kier alpha value is -4.67. The molecule has 1 spiro atoms. The normalized spacial score (nSPS) is 31.9. The maximum atomic E-state index is 14.9. The molecule has 0 saturated carbocycles. The Morgan fingerprint density at radius 3 is 2.29 bits per heavy atom. The highest BCUT2D eigenvalue weighted by Gasteiger charge is 2.51.